The van der Waals surface area contributed by atoms with Crippen LogP contribution < -0.4 is 10.6 Å². The highest BCUT2D eigenvalue weighted by atomic mass is 31.2. The second kappa shape index (κ2) is 25.2. The lowest BCUT2D eigenvalue weighted by molar-refractivity contribution is -0.148. The molecule has 1 unspecified atom stereocenters. The molecule has 68 heavy (non-hydrogen) atoms. The molecule has 4 aliphatic rings. The van der Waals surface area contributed by atoms with E-state index in [2.05, 4.69) is 15.5 Å². The Bertz CT molecular complexity index is 1950. The molecule has 380 valence electrons. The van der Waals surface area contributed by atoms with Crippen molar-refractivity contribution >= 4 is 43.0 Å². The standard InChI is InChI=1S/C50H79N6O11P/c1-10-33(4)45(54(7)50(62)44(32(2)3)52-49(61)46-36-22-23-37(30-36)53(46)6)39(65-8)31-43(59)55-27-18-21-38(55)47(66-9)34(5)48(60)51-40(29-35-19-14-13-15-20-35)68(63,64)67-28-17-12-11-16-26-56-41(57)24-25-42(56)58/h13-15,19-20,24-25,32-34,36-40,44-47H,10-12,16-18,21-23,26-31H2,1-9H3,(H,51,60)(H,52,61)(H,63,64)/t33-,34+,36-,37+,38-,39+,40+,44-,45-,46-,47+/m0/s1. The summed E-state index contributed by atoms with van der Waals surface area (Å²) in [7, 11) is 2.33. The first kappa shape index (κ1) is 54.9. The zero-order valence-electron chi connectivity index (χ0n) is 41.8. The van der Waals surface area contributed by atoms with Gasteiger partial charge in [-0.25, -0.2) is 0 Å². The van der Waals surface area contributed by atoms with Crippen molar-refractivity contribution < 1.29 is 52.2 Å². The molecule has 1 aromatic carbocycles. The van der Waals surface area contributed by atoms with E-state index in [-0.39, 0.29) is 72.8 Å². The number of amides is 6. The molecule has 1 saturated carbocycles. The van der Waals surface area contributed by atoms with E-state index >= 15 is 0 Å². The predicted octanol–water partition coefficient (Wildman–Crippen LogP) is 4.90. The highest BCUT2D eigenvalue weighted by molar-refractivity contribution is 7.53. The van der Waals surface area contributed by atoms with Crippen molar-refractivity contribution in [1.29, 1.82) is 0 Å². The highest BCUT2D eigenvalue weighted by Crippen LogP contribution is 2.48. The van der Waals surface area contributed by atoms with E-state index in [1.807, 2.05) is 52.9 Å². The number of rotatable bonds is 27. The van der Waals surface area contributed by atoms with E-state index in [0.29, 0.717) is 64.1 Å². The molecule has 3 N–H and O–H groups in total. The van der Waals surface area contributed by atoms with Gasteiger partial charge in [-0.05, 0) is 75.3 Å². The summed E-state index contributed by atoms with van der Waals surface area (Å²) >= 11 is 0. The van der Waals surface area contributed by atoms with Gasteiger partial charge in [0.15, 0.2) is 0 Å². The van der Waals surface area contributed by atoms with Gasteiger partial charge in [0.1, 0.15) is 11.8 Å². The summed E-state index contributed by atoms with van der Waals surface area (Å²) in [5.74, 6) is -3.84. The zero-order valence-corrected chi connectivity index (χ0v) is 42.7. The van der Waals surface area contributed by atoms with Gasteiger partial charge in [0.05, 0.1) is 49.3 Å². The lowest BCUT2D eigenvalue weighted by Gasteiger charge is -2.41. The fraction of sp³-hybridized carbons (Fsp3) is 0.720. The number of likely N-dealkylation sites (tertiary alicyclic amines) is 2. The molecular formula is C50H79N6O11P. The van der Waals surface area contributed by atoms with E-state index in [1.165, 1.54) is 24.2 Å². The quantitative estimate of drug-likeness (QED) is 0.0612. The molecule has 3 aliphatic heterocycles. The number of imide groups is 1. The molecule has 0 radical (unpaired) electrons. The first-order valence-corrected chi connectivity index (χ1v) is 26.5. The summed E-state index contributed by atoms with van der Waals surface area (Å²) < 4.78 is 31.6. The van der Waals surface area contributed by atoms with Gasteiger partial charge in [-0.2, -0.15) is 0 Å². The predicted molar refractivity (Wildman–Crippen MR) is 258 cm³/mol. The van der Waals surface area contributed by atoms with Gasteiger partial charge in [-0.1, -0.05) is 84.2 Å². The lowest BCUT2D eigenvalue weighted by Crippen LogP contribution is -2.60. The van der Waals surface area contributed by atoms with Crippen LogP contribution in [0.3, 0.4) is 0 Å². The number of hydrogen-bond donors (Lipinski definition) is 3. The fourth-order valence-corrected chi connectivity index (χ4v) is 12.2. The minimum absolute atomic E-state index is 0.0282. The first-order valence-electron chi connectivity index (χ1n) is 24.8. The van der Waals surface area contributed by atoms with Gasteiger partial charge < -0.3 is 39.3 Å². The van der Waals surface area contributed by atoms with Gasteiger partial charge in [0.2, 0.25) is 23.6 Å². The number of fused-ring (bicyclic) bond motifs is 2. The Morgan fingerprint density at radius 2 is 1.60 bits per heavy atom. The minimum atomic E-state index is -4.43. The Labute approximate surface area is 403 Å². The number of carbonyl (C=O) groups is 6. The summed E-state index contributed by atoms with van der Waals surface area (Å²) in [5, 5.41) is 5.94. The van der Waals surface area contributed by atoms with Crippen molar-refractivity contribution in [2.75, 3.05) is 48.0 Å². The van der Waals surface area contributed by atoms with Crippen LogP contribution in [0.25, 0.3) is 0 Å². The molecule has 12 atom stereocenters. The van der Waals surface area contributed by atoms with E-state index in [4.69, 9.17) is 14.0 Å². The van der Waals surface area contributed by atoms with Crippen molar-refractivity contribution in [3.8, 4) is 0 Å². The summed E-state index contributed by atoms with van der Waals surface area (Å²) in [6, 6.07) is 7.45. The molecule has 2 saturated heterocycles. The van der Waals surface area contributed by atoms with Crippen molar-refractivity contribution in [2.45, 2.75) is 160 Å². The van der Waals surface area contributed by atoms with Crippen LogP contribution in [0.5, 0.6) is 0 Å². The van der Waals surface area contributed by atoms with Crippen LogP contribution in [-0.4, -0.2) is 156 Å². The third kappa shape index (κ3) is 13.4. The normalized spacial score (nSPS) is 24.4. The molecule has 17 nitrogen and oxygen atoms in total. The number of ether oxygens (including phenoxy) is 2. The van der Waals surface area contributed by atoms with Crippen LogP contribution in [0.2, 0.25) is 0 Å². The average molecular weight is 971 g/mol. The third-order valence-electron chi connectivity index (χ3n) is 15.1. The van der Waals surface area contributed by atoms with Crippen molar-refractivity contribution in [3.05, 3.63) is 48.0 Å². The molecule has 6 amide bonds. The molecule has 1 aromatic rings. The number of nitrogens with one attached hydrogen (secondary N) is 2. The number of piperidine rings is 1. The topological polar surface area (TPSA) is 204 Å². The Morgan fingerprint density at radius 1 is 0.926 bits per heavy atom. The maximum Gasteiger partial charge on any atom is 0.350 e. The van der Waals surface area contributed by atoms with E-state index in [1.54, 1.807) is 43.0 Å². The zero-order chi connectivity index (χ0) is 49.9. The van der Waals surface area contributed by atoms with Crippen LogP contribution in [-0.2, 0) is 53.8 Å². The molecule has 2 bridgehead atoms. The van der Waals surface area contributed by atoms with Crippen molar-refractivity contribution in [2.24, 2.45) is 23.7 Å². The van der Waals surface area contributed by atoms with Gasteiger partial charge in [0, 0.05) is 59.0 Å². The maximum absolute atomic E-state index is 14.5. The SMILES string of the molecule is CC[C@H](C)[C@@H]([C@@H](CC(=O)N1CCC[C@H]1[C@H](OC)[C@@H](C)C(=O)N[C@@H](Cc1ccccc1)P(=O)(O)OCCCCCCN1C(=O)C=CC1=O)OC)N(C)C(=O)[C@@H](NC(=O)[C@@H]1[C@H]2CC[C@H](C2)N1C)C(C)C. The first-order chi connectivity index (χ1) is 32.3. The van der Waals surface area contributed by atoms with Crippen LogP contribution in [0.15, 0.2) is 42.5 Å². The lowest BCUT2D eigenvalue weighted by atomic mass is 9.89. The van der Waals surface area contributed by atoms with E-state index < -0.39 is 55.5 Å². The smallest absolute Gasteiger partial charge is 0.350 e. The van der Waals surface area contributed by atoms with Crippen LogP contribution >= 0.6 is 7.60 Å². The molecule has 1 aliphatic carbocycles. The molecule has 0 aromatic heterocycles. The second-order valence-electron chi connectivity index (χ2n) is 19.8. The number of carbonyl (C=O) groups excluding carboxylic acids is 6. The van der Waals surface area contributed by atoms with Gasteiger partial charge in [-0.3, -0.25) is 43.1 Å². The monoisotopic (exact) mass is 971 g/mol. The number of methoxy groups -OCH3 is 2. The molecular weight excluding hydrogens is 892 g/mol. The largest absolute Gasteiger partial charge is 0.379 e. The molecule has 0 spiro atoms. The maximum atomic E-state index is 14.5. The van der Waals surface area contributed by atoms with Crippen LogP contribution in [0.1, 0.15) is 111 Å². The molecule has 3 fully saturated rings. The molecule has 18 heteroatoms. The highest BCUT2D eigenvalue weighted by Gasteiger charge is 2.49. The summed E-state index contributed by atoms with van der Waals surface area (Å²) in [6.07, 6.45) is 8.45. The van der Waals surface area contributed by atoms with Crippen molar-refractivity contribution in [1.82, 2.24) is 30.2 Å². The van der Waals surface area contributed by atoms with Gasteiger partial charge in [-0.15, -0.1) is 0 Å². The Morgan fingerprint density at radius 3 is 2.21 bits per heavy atom. The van der Waals surface area contributed by atoms with Crippen LogP contribution in [0, 0.1) is 23.7 Å². The average Bonchev–Trinajstić information content (AvgIpc) is 4.13. The summed E-state index contributed by atoms with van der Waals surface area (Å²) in [6.45, 7) is 10.3. The molecule has 3 heterocycles. The Balaban J connectivity index is 1.22. The minimum Gasteiger partial charge on any atom is -0.379 e. The van der Waals surface area contributed by atoms with Crippen LogP contribution in [0.4, 0.5) is 0 Å². The third-order valence-corrected chi connectivity index (χ3v) is 16.7. The number of likely N-dealkylation sites (N-methyl/N-ethyl adjacent to an activating group) is 2. The fourth-order valence-electron chi connectivity index (χ4n) is 10.9. The van der Waals surface area contributed by atoms with E-state index in [0.717, 1.165) is 24.8 Å². The van der Waals surface area contributed by atoms with Gasteiger partial charge in [0.25, 0.3) is 11.8 Å². The Hall–Kier alpha value is -3.99. The van der Waals surface area contributed by atoms with E-state index in [9.17, 15) is 38.2 Å². The number of nitrogens with zero attached hydrogens (tertiary/aromatic N) is 4. The number of benzene rings is 1. The number of hydrogen-bond acceptors (Lipinski definition) is 11. The van der Waals surface area contributed by atoms with Gasteiger partial charge >= 0.3 is 7.60 Å². The Kier molecular flexibility index (Phi) is 20.4. The second-order valence-corrected chi connectivity index (χ2v) is 21.9. The van der Waals surface area contributed by atoms with Crippen molar-refractivity contribution in [3.63, 3.8) is 0 Å². The summed E-state index contributed by atoms with van der Waals surface area (Å²) in [4.78, 5) is 98.5. The molecule has 5 rings (SSSR count). The number of unbranched alkanes of at least 4 members (excludes halogenated alkanes) is 3. The summed E-state index contributed by atoms with van der Waals surface area (Å²) in [5.41, 5.74) is 0.725.